The summed E-state index contributed by atoms with van der Waals surface area (Å²) in [5.74, 6) is -1.98. The van der Waals surface area contributed by atoms with Gasteiger partial charge in [-0.1, -0.05) is 0 Å². The topological polar surface area (TPSA) is 118 Å². The fourth-order valence-corrected chi connectivity index (χ4v) is 5.23. The van der Waals surface area contributed by atoms with Crippen molar-refractivity contribution in [1.82, 2.24) is 9.97 Å². The number of nitrogen functional groups attached to an aromatic ring is 2. The molecular formula is C28H26BBrF4N4O2. The molecule has 0 unspecified atom stereocenters. The van der Waals surface area contributed by atoms with Gasteiger partial charge in [-0.2, -0.15) is 8.78 Å². The van der Waals surface area contributed by atoms with Crippen LogP contribution in [0.4, 0.5) is 28.9 Å². The Balaban J connectivity index is 0.000000147. The maximum atomic E-state index is 14.1. The minimum atomic E-state index is -1.63. The summed E-state index contributed by atoms with van der Waals surface area (Å²) in [6.45, 7) is 0. The van der Waals surface area contributed by atoms with Crippen molar-refractivity contribution in [3.8, 4) is 11.1 Å². The Morgan fingerprint density at radius 2 is 1.27 bits per heavy atom. The number of aromatic nitrogens is 2. The summed E-state index contributed by atoms with van der Waals surface area (Å²) in [7, 11) is -1.63. The molecule has 0 saturated heterocycles. The summed E-state index contributed by atoms with van der Waals surface area (Å²) in [6, 6.07) is 8.17. The monoisotopic (exact) mass is 616 g/mol. The van der Waals surface area contributed by atoms with Gasteiger partial charge in [-0.15, -0.1) is 0 Å². The lowest BCUT2D eigenvalue weighted by molar-refractivity contribution is 0.425. The Morgan fingerprint density at radius 3 is 1.82 bits per heavy atom. The lowest BCUT2D eigenvalue weighted by Gasteiger charge is -2.12. The second-order valence-corrected chi connectivity index (χ2v) is 10.2. The summed E-state index contributed by atoms with van der Waals surface area (Å²) < 4.78 is 52.9. The number of benzene rings is 2. The highest BCUT2D eigenvalue weighted by atomic mass is 79.9. The molecule has 0 aliphatic heterocycles. The van der Waals surface area contributed by atoms with Crippen LogP contribution in [0.2, 0.25) is 0 Å². The van der Waals surface area contributed by atoms with E-state index in [1.165, 1.54) is 30.6 Å². The Labute approximate surface area is 237 Å². The van der Waals surface area contributed by atoms with Gasteiger partial charge in [-0.3, -0.25) is 0 Å². The highest BCUT2D eigenvalue weighted by Crippen LogP contribution is 2.37. The van der Waals surface area contributed by atoms with Gasteiger partial charge in [0.1, 0.15) is 11.6 Å². The number of hydrogen-bond acceptors (Lipinski definition) is 6. The van der Waals surface area contributed by atoms with Crippen LogP contribution in [0, 0.1) is 23.5 Å². The zero-order valence-electron chi connectivity index (χ0n) is 21.3. The number of fused-ring (bicyclic) bond motifs is 2. The molecule has 6 nitrogen and oxygen atoms in total. The third-order valence-corrected chi connectivity index (χ3v) is 7.60. The fraction of sp³-hybridized carbons (Fsp3) is 0.214. The molecule has 2 aliphatic rings. The third-order valence-electron chi connectivity index (χ3n) is 6.79. The minimum Gasteiger partial charge on any atom is -0.423 e. The summed E-state index contributed by atoms with van der Waals surface area (Å²) in [4.78, 5) is 6.70. The van der Waals surface area contributed by atoms with E-state index >= 15 is 0 Å². The van der Waals surface area contributed by atoms with Gasteiger partial charge >= 0.3 is 7.12 Å². The van der Waals surface area contributed by atoms with Gasteiger partial charge < -0.3 is 21.5 Å². The van der Waals surface area contributed by atoms with Gasteiger partial charge in [-0.05, 0) is 118 Å². The highest BCUT2D eigenvalue weighted by molar-refractivity contribution is 9.10. The summed E-state index contributed by atoms with van der Waals surface area (Å²) in [5.41, 5.74) is 17.8. The van der Waals surface area contributed by atoms with Crippen molar-refractivity contribution in [3.63, 3.8) is 0 Å². The summed E-state index contributed by atoms with van der Waals surface area (Å²) in [5, 5.41) is 17.0. The first-order chi connectivity index (χ1) is 19.1. The Hall–Kier alpha value is -3.48. The van der Waals surface area contributed by atoms with Crippen molar-refractivity contribution in [2.45, 2.75) is 38.5 Å². The molecule has 4 aromatic rings. The van der Waals surface area contributed by atoms with E-state index in [0.29, 0.717) is 21.4 Å². The van der Waals surface area contributed by atoms with Crippen molar-refractivity contribution in [2.24, 2.45) is 0 Å². The molecule has 40 heavy (non-hydrogen) atoms. The van der Waals surface area contributed by atoms with E-state index in [2.05, 4.69) is 25.9 Å². The van der Waals surface area contributed by atoms with Crippen LogP contribution in [-0.2, 0) is 25.7 Å². The van der Waals surface area contributed by atoms with E-state index in [9.17, 15) is 17.6 Å². The molecule has 208 valence electrons. The predicted octanol–water partition coefficient (Wildman–Crippen LogP) is 4.66. The smallest absolute Gasteiger partial charge is 0.423 e. The van der Waals surface area contributed by atoms with Crippen molar-refractivity contribution in [2.75, 3.05) is 11.5 Å². The Morgan fingerprint density at radius 1 is 0.725 bits per heavy atom. The van der Waals surface area contributed by atoms with Gasteiger partial charge in [0.05, 0.1) is 10.2 Å². The molecule has 2 aromatic carbocycles. The van der Waals surface area contributed by atoms with Gasteiger partial charge in [0.15, 0.2) is 0 Å². The zero-order chi connectivity index (χ0) is 29.0. The molecule has 0 saturated carbocycles. The van der Waals surface area contributed by atoms with Crippen molar-refractivity contribution < 1.29 is 27.6 Å². The van der Waals surface area contributed by atoms with Crippen molar-refractivity contribution in [3.05, 3.63) is 99.0 Å². The van der Waals surface area contributed by atoms with Crippen LogP contribution in [-0.4, -0.2) is 27.1 Å². The van der Waals surface area contributed by atoms with E-state index in [0.717, 1.165) is 66.8 Å². The molecule has 0 fully saturated rings. The number of nitrogens with zero attached hydrogens (tertiary/aromatic N) is 2. The molecule has 12 heteroatoms. The standard InChI is InChI=1S/C14H12F2N2.C9H9BrFN.C5H5BFNO2/c15-11-6-8-2-1-3-10(8)14(17)13(11)9-4-5-18-12(16)7-9;10-8-7(11)4-5-2-1-3-6(5)9(8)12;7-5-3-4(6(9)10)1-2-8-5/h4-7H,1-3,17H2;4H,1-3,12H2;1-3,9-10H. The fourth-order valence-electron chi connectivity index (χ4n) is 4.88. The number of pyridine rings is 2. The maximum Gasteiger partial charge on any atom is 0.488 e. The van der Waals surface area contributed by atoms with E-state index in [-0.39, 0.29) is 16.8 Å². The first-order valence-corrected chi connectivity index (χ1v) is 13.3. The first kappa shape index (κ1) is 29.5. The van der Waals surface area contributed by atoms with E-state index in [4.69, 9.17) is 21.5 Å². The van der Waals surface area contributed by atoms with Crippen molar-refractivity contribution >= 4 is 39.9 Å². The molecule has 0 amide bonds. The molecule has 2 aromatic heterocycles. The average molecular weight is 617 g/mol. The normalized spacial score (nSPS) is 13.0. The molecule has 0 atom stereocenters. The number of anilines is 2. The number of hydrogen-bond donors (Lipinski definition) is 4. The van der Waals surface area contributed by atoms with Crippen LogP contribution < -0.4 is 16.9 Å². The molecule has 2 heterocycles. The Kier molecular flexibility index (Phi) is 9.44. The Bertz CT molecular complexity index is 1540. The number of rotatable bonds is 2. The molecule has 6 N–H and O–H groups in total. The van der Waals surface area contributed by atoms with Gasteiger partial charge in [0, 0.05) is 29.7 Å². The average Bonchev–Trinajstić information content (AvgIpc) is 3.58. The van der Waals surface area contributed by atoms with E-state index in [1.54, 1.807) is 12.1 Å². The largest absolute Gasteiger partial charge is 0.488 e. The molecule has 2 aliphatic carbocycles. The third kappa shape index (κ3) is 6.63. The van der Waals surface area contributed by atoms with E-state index < -0.39 is 24.8 Å². The van der Waals surface area contributed by atoms with Crippen LogP contribution in [0.3, 0.4) is 0 Å². The summed E-state index contributed by atoms with van der Waals surface area (Å²) in [6.07, 6.45) is 8.25. The lowest BCUT2D eigenvalue weighted by Crippen LogP contribution is -2.30. The van der Waals surface area contributed by atoms with Gasteiger partial charge in [-0.25, -0.2) is 18.7 Å². The SMILES string of the molecule is Nc1c(Br)c(F)cc2c1CCC2.Nc1c2c(cc(F)c1-c1ccnc(F)c1)CCC2.OB(O)c1ccnc(F)c1. The van der Waals surface area contributed by atoms with Crippen molar-refractivity contribution in [1.29, 1.82) is 0 Å². The summed E-state index contributed by atoms with van der Waals surface area (Å²) >= 11 is 3.13. The molecule has 0 bridgehead atoms. The predicted molar refractivity (Wildman–Crippen MR) is 151 cm³/mol. The second kappa shape index (κ2) is 12.8. The van der Waals surface area contributed by atoms with Gasteiger partial charge in [0.25, 0.3) is 0 Å². The van der Waals surface area contributed by atoms with Crippen LogP contribution in [0.1, 0.15) is 35.1 Å². The van der Waals surface area contributed by atoms with Gasteiger partial charge in [0.2, 0.25) is 11.9 Å². The minimum absolute atomic E-state index is 0.104. The number of aryl methyl sites for hydroxylation is 2. The number of nitrogens with two attached hydrogens (primary N) is 2. The second-order valence-electron chi connectivity index (χ2n) is 9.37. The molecule has 6 rings (SSSR count). The van der Waals surface area contributed by atoms with Crippen LogP contribution in [0.25, 0.3) is 11.1 Å². The maximum absolute atomic E-state index is 14.1. The van der Waals surface area contributed by atoms with Crippen LogP contribution >= 0.6 is 15.9 Å². The zero-order valence-corrected chi connectivity index (χ0v) is 22.9. The first-order valence-electron chi connectivity index (χ1n) is 12.5. The number of halogens is 5. The van der Waals surface area contributed by atoms with E-state index in [1.807, 2.05) is 0 Å². The molecular weight excluding hydrogens is 591 g/mol. The quantitative estimate of drug-likeness (QED) is 0.113. The molecule has 0 spiro atoms. The van der Waals surface area contributed by atoms with Crippen LogP contribution in [0.5, 0.6) is 0 Å². The highest BCUT2D eigenvalue weighted by Gasteiger charge is 2.21. The lowest BCUT2D eigenvalue weighted by atomic mass is 9.81. The molecule has 0 radical (unpaired) electrons. The van der Waals surface area contributed by atoms with Crippen LogP contribution in [0.15, 0.2) is 53.3 Å².